The molecule has 0 aromatic heterocycles. The minimum atomic E-state index is -0.670. The Morgan fingerprint density at radius 2 is 1.59 bits per heavy atom. The molecule has 0 spiro atoms. The van der Waals surface area contributed by atoms with Gasteiger partial charge in [-0.3, -0.25) is 9.59 Å². The minimum absolute atomic E-state index is 0.116. The van der Waals surface area contributed by atoms with Crippen molar-refractivity contribution in [3.63, 3.8) is 0 Å². The third-order valence-corrected chi connectivity index (χ3v) is 6.72. The van der Waals surface area contributed by atoms with Gasteiger partial charge in [0.15, 0.2) is 0 Å². The molecule has 0 radical (unpaired) electrons. The number of unbranched alkanes of at least 4 members (excludes halogenated alkanes) is 1. The van der Waals surface area contributed by atoms with Crippen molar-refractivity contribution < 1.29 is 14.3 Å². The Kier molecular flexibility index (Phi) is 11.8. The molecule has 3 aromatic rings. The van der Waals surface area contributed by atoms with Gasteiger partial charge in [-0.15, -0.1) is 0 Å². The maximum absolute atomic E-state index is 13.6. The standard InChI is InChI=1S/C30H34Cl2N2O3/c1-2-3-18-33-30(36)28(21-23-11-6-4-7-12-23)34(22-24-16-17-26(31)27(32)20-24)29(35)15-10-19-37-25-13-8-5-9-14-25/h4-9,11-14,16-17,20,28H,2-3,10,15,18-19,21-22H2,1H3,(H,33,36)/t28-/m1/s1. The number of halogens is 2. The molecule has 0 bridgehead atoms. The number of carbonyl (C=O) groups is 2. The van der Waals surface area contributed by atoms with Crippen molar-refractivity contribution in [3.8, 4) is 5.75 Å². The molecule has 0 unspecified atom stereocenters. The molecule has 196 valence electrons. The number of benzene rings is 3. The number of para-hydroxylation sites is 1. The van der Waals surface area contributed by atoms with Crippen molar-refractivity contribution in [3.05, 3.63) is 100 Å². The maximum Gasteiger partial charge on any atom is 0.243 e. The molecule has 5 nitrogen and oxygen atoms in total. The summed E-state index contributed by atoms with van der Waals surface area (Å²) in [6.07, 6.45) is 3.04. The Labute approximate surface area is 229 Å². The highest BCUT2D eigenvalue weighted by molar-refractivity contribution is 6.42. The van der Waals surface area contributed by atoms with Gasteiger partial charge >= 0.3 is 0 Å². The fourth-order valence-corrected chi connectivity index (χ4v) is 4.29. The second-order valence-electron chi connectivity index (χ2n) is 8.89. The molecule has 7 heteroatoms. The first kappa shape index (κ1) is 28.5. The summed E-state index contributed by atoms with van der Waals surface area (Å²) in [5.74, 6) is 0.487. The monoisotopic (exact) mass is 540 g/mol. The van der Waals surface area contributed by atoms with Gasteiger partial charge in [-0.1, -0.05) is 91.1 Å². The van der Waals surface area contributed by atoms with Gasteiger partial charge < -0.3 is 15.0 Å². The number of ether oxygens (including phenoxy) is 1. The Morgan fingerprint density at radius 3 is 2.27 bits per heavy atom. The predicted molar refractivity (Wildman–Crippen MR) is 150 cm³/mol. The highest BCUT2D eigenvalue weighted by Gasteiger charge is 2.30. The molecule has 37 heavy (non-hydrogen) atoms. The summed E-state index contributed by atoms with van der Waals surface area (Å²) in [7, 11) is 0. The van der Waals surface area contributed by atoms with Crippen LogP contribution in [0.3, 0.4) is 0 Å². The van der Waals surface area contributed by atoms with Gasteiger partial charge in [0.05, 0.1) is 16.7 Å². The van der Waals surface area contributed by atoms with Crippen LogP contribution >= 0.6 is 23.2 Å². The molecule has 0 saturated carbocycles. The molecule has 3 rings (SSSR count). The highest BCUT2D eigenvalue weighted by Crippen LogP contribution is 2.24. The third kappa shape index (κ3) is 9.42. The lowest BCUT2D eigenvalue weighted by atomic mass is 10.0. The van der Waals surface area contributed by atoms with Crippen LogP contribution in [0.5, 0.6) is 5.75 Å². The van der Waals surface area contributed by atoms with Gasteiger partial charge in [-0.2, -0.15) is 0 Å². The van der Waals surface area contributed by atoms with E-state index in [1.807, 2.05) is 66.7 Å². The van der Waals surface area contributed by atoms with Gasteiger partial charge in [-0.25, -0.2) is 0 Å². The second-order valence-corrected chi connectivity index (χ2v) is 9.70. The average Bonchev–Trinajstić information content (AvgIpc) is 2.91. The first-order valence-corrected chi connectivity index (χ1v) is 13.5. The van der Waals surface area contributed by atoms with E-state index in [1.165, 1.54) is 0 Å². The van der Waals surface area contributed by atoms with E-state index in [9.17, 15) is 9.59 Å². The summed E-state index contributed by atoms with van der Waals surface area (Å²) in [5, 5.41) is 3.89. The minimum Gasteiger partial charge on any atom is -0.494 e. The van der Waals surface area contributed by atoms with E-state index < -0.39 is 6.04 Å². The van der Waals surface area contributed by atoms with Gasteiger partial charge in [0.2, 0.25) is 11.8 Å². The normalized spacial score (nSPS) is 11.5. The summed E-state index contributed by atoms with van der Waals surface area (Å²) in [6, 6.07) is 23.9. The van der Waals surface area contributed by atoms with Crippen molar-refractivity contribution in [2.75, 3.05) is 13.2 Å². The van der Waals surface area contributed by atoms with Gasteiger partial charge in [0.1, 0.15) is 11.8 Å². The van der Waals surface area contributed by atoms with Crippen LogP contribution in [-0.4, -0.2) is 35.9 Å². The Hall–Kier alpha value is -3.02. The number of carbonyl (C=O) groups excluding carboxylic acids is 2. The number of hydrogen-bond donors (Lipinski definition) is 1. The summed E-state index contributed by atoms with van der Waals surface area (Å²) in [4.78, 5) is 28.7. The van der Waals surface area contributed by atoms with Crippen molar-refractivity contribution in [2.24, 2.45) is 0 Å². The largest absolute Gasteiger partial charge is 0.494 e. The maximum atomic E-state index is 13.6. The van der Waals surface area contributed by atoms with E-state index in [0.29, 0.717) is 36.0 Å². The fraction of sp³-hybridized carbons (Fsp3) is 0.333. The van der Waals surface area contributed by atoms with E-state index in [1.54, 1.807) is 17.0 Å². The lowest BCUT2D eigenvalue weighted by molar-refractivity contribution is -0.141. The van der Waals surface area contributed by atoms with E-state index in [-0.39, 0.29) is 24.8 Å². The van der Waals surface area contributed by atoms with Crippen LogP contribution in [0.15, 0.2) is 78.9 Å². The van der Waals surface area contributed by atoms with E-state index in [2.05, 4.69) is 12.2 Å². The Morgan fingerprint density at radius 1 is 0.892 bits per heavy atom. The molecule has 2 amide bonds. The zero-order chi connectivity index (χ0) is 26.5. The molecular formula is C30H34Cl2N2O3. The van der Waals surface area contributed by atoms with Crippen molar-refractivity contribution >= 4 is 35.0 Å². The molecule has 0 fully saturated rings. The zero-order valence-electron chi connectivity index (χ0n) is 21.2. The van der Waals surface area contributed by atoms with Crippen molar-refractivity contribution in [1.29, 1.82) is 0 Å². The molecular weight excluding hydrogens is 507 g/mol. The number of rotatable bonds is 14. The van der Waals surface area contributed by atoms with E-state index in [0.717, 1.165) is 29.7 Å². The molecule has 0 aliphatic heterocycles. The Bertz CT molecular complexity index is 1130. The van der Waals surface area contributed by atoms with Crippen LogP contribution < -0.4 is 10.1 Å². The van der Waals surface area contributed by atoms with Gasteiger partial charge in [0, 0.05) is 25.9 Å². The predicted octanol–water partition coefficient (Wildman–Crippen LogP) is 6.71. The third-order valence-electron chi connectivity index (χ3n) is 5.98. The van der Waals surface area contributed by atoms with E-state index >= 15 is 0 Å². The lowest BCUT2D eigenvalue weighted by Crippen LogP contribution is -2.50. The summed E-state index contributed by atoms with van der Waals surface area (Å²) >= 11 is 12.4. The average molecular weight is 542 g/mol. The molecule has 1 N–H and O–H groups in total. The van der Waals surface area contributed by atoms with E-state index in [4.69, 9.17) is 27.9 Å². The number of amides is 2. The van der Waals surface area contributed by atoms with Crippen LogP contribution in [0.4, 0.5) is 0 Å². The number of hydrogen-bond acceptors (Lipinski definition) is 3. The molecule has 3 aromatic carbocycles. The summed E-state index contributed by atoms with van der Waals surface area (Å²) in [6.45, 7) is 3.29. The fourth-order valence-electron chi connectivity index (χ4n) is 3.97. The molecule has 0 aliphatic carbocycles. The summed E-state index contributed by atoms with van der Waals surface area (Å²) < 4.78 is 5.77. The zero-order valence-corrected chi connectivity index (χ0v) is 22.7. The van der Waals surface area contributed by atoms with Crippen LogP contribution in [-0.2, 0) is 22.6 Å². The Balaban J connectivity index is 1.80. The smallest absolute Gasteiger partial charge is 0.243 e. The first-order chi connectivity index (χ1) is 18.0. The van der Waals surface area contributed by atoms with Crippen LogP contribution in [0, 0.1) is 0 Å². The lowest BCUT2D eigenvalue weighted by Gasteiger charge is -2.32. The molecule has 0 heterocycles. The molecule has 0 aliphatic rings. The SMILES string of the molecule is CCCCNC(=O)[C@@H](Cc1ccccc1)N(Cc1ccc(Cl)c(Cl)c1)C(=O)CCCOc1ccccc1. The van der Waals surface area contributed by atoms with Crippen molar-refractivity contribution in [1.82, 2.24) is 10.2 Å². The van der Waals surface area contributed by atoms with Gasteiger partial charge in [0.25, 0.3) is 0 Å². The van der Waals surface area contributed by atoms with Crippen LogP contribution in [0.1, 0.15) is 43.7 Å². The van der Waals surface area contributed by atoms with Crippen LogP contribution in [0.25, 0.3) is 0 Å². The number of nitrogens with one attached hydrogen (secondary N) is 1. The first-order valence-electron chi connectivity index (χ1n) is 12.7. The number of nitrogens with zero attached hydrogens (tertiary/aromatic N) is 1. The van der Waals surface area contributed by atoms with Gasteiger partial charge in [-0.05, 0) is 48.2 Å². The molecule has 1 atom stereocenters. The summed E-state index contributed by atoms with van der Waals surface area (Å²) in [5.41, 5.74) is 1.79. The molecule has 0 saturated heterocycles. The quantitative estimate of drug-likeness (QED) is 0.231. The van der Waals surface area contributed by atoms with Crippen LogP contribution in [0.2, 0.25) is 10.0 Å². The van der Waals surface area contributed by atoms with Crippen molar-refractivity contribution in [2.45, 2.75) is 51.6 Å². The highest BCUT2D eigenvalue weighted by atomic mass is 35.5. The topological polar surface area (TPSA) is 58.6 Å². The second kappa shape index (κ2) is 15.3.